The Hall–Kier alpha value is -2.76. The minimum absolute atomic E-state index is 0.0389. The highest BCUT2D eigenvalue weighted by atomic mass is 16.2. The Morgan fingerprint density at radius 2 is 2.00 bits per heavy atom. The van der Waals surface area contributed by atoms with Crippen LogP contribution in [0.15, 0.2) is 42.7 Å². The molecule has 2 N–H and O–H groups in total. The van der Waals surface area contributed by atoms with E-state index in [9.17, 15) is 9.59 Å². The summed E-state index contributed by atoms with van der Waals surface area (Å²) in [6, 6.07) is 9.36. The molecule has 1 saturated heterocycles. The lowest BCUT2D eigenvalue weighted by Gasteiger charge is -2.32. The third-order valence-corrected chi connectivity index (χ3v) is 4.51. The van der Waals surface area contributed by atoms with Crippen molar-refractivity contribution in [1.82, 2.24) is 14.9 Å². The van der Waals surface area contributed by atoms with E-state index in [4.69, 9.17) is 5.73 Å². The molecule has 0 bridgehead atoms. The number of nitrogens with two attached hydrogens (primary N) is 1. The molecule has 1 fully saturated rings. The van der Waals surface area contributed by atoms with Gasteiger partial charge in [-0.1, -0.05) is 6.07 Å². The molecule has 2 aromatic heterocycles. The van der Waals surface area contributed by atoms with Crippen molar-refractivity contribution < 1.29 is 9.59 Å². The second kappa shape index (κ2) is 7.88. The van der Waals surface area contributed by atoms with Crippen LogP contribution in [-0.2, 0) is 11.2 Å². The summed E-state index contributed by atoms with van der Waals surface area (Å²) >= 11 is 0. The smallest absolute Gasteiger partial charge is 0.253 e. The molecule has 130 valence electrons. The zero-order chi connectivity index (χ0) is 17.6. The molecule has 6 heteroatoms. The Balaban J connectivity index is 1.70. The molecule has 2 amide bonds. The van der Waals surface area contributed by atoms with Crippen LogP contribution in [0.2, 0.25) is 0 Å². The molecule has 1 atom stereocenters. The van der Waals surface area contributed by atoms with Crippen molar-refractivity contribution in [2.75, 3.05) is 13.1 Å². The van der Waals surface area contributed by atoms with E-state index in [0.717, 1.165) is 30.8 Å². The summed E-state index contributed by atoms with van der Waals surface area (Å²) in [5.41, 5.74) is 7.73. The Morgan fingerprint density at radius 3 is 2.76 bits per heavy atom. The maximum absolute atomic E-state index is 12.6. The topological polar surface area (TPSA) is 89.2 Å². The van der Waals surface area contributed by atoms with Gasteiger partial charge in [0.2, 0.25) is 5.91 Å². The predicted octanol–water partition coefficient (Wildman–Crippen LogP) is 1.91. The van der Waals surface area contributed by atoms with Gasteiger partial charge in [-0.15, -0.1) is 0 Å². The van der Waals surface area contributed by atoms with Crippen molar-refractivity contribution in [1.29, 1.82) is 0 Å². The number of aromatic nitrogens is 2. The monoisotopic (exact) mass is 338 g/mol. The number of hydrogen-bond donors (Lipinski definition) is 1. The van der Waals surface area contributed by atoms with E-state index in [2.05, 4.69) is 9.97 Å². The Morgan fingerprint density at radius 1 is 1.20 bits per heavy atom. The summed E-state index contributed by atoms with van der Waals surface area (Å²) in [4.78, 5) is 34.1. The van der Waals surface area contributed by atoms with Crippen molar-refractivity contribution in [3.63, 3.8) is 0 Å². The lowest BCUT2D eigenvalue weighted by atomic mass is 9.93. The van der Waals surface area contributed by atoms with Crippen LogP contribution < -0.4 is 5.73 Å². The van der Waals surface area contributed by atoms with Gasteiger partial charge in [-0.05, 0) is 43.5 Å². The molecule has 0 saturated carbocycles. The third kappa shape index (κ3) is 4.41. The molecule has 0 aromatic carbocycles. The number of rotatable bonds is 5. The number of primary amides is 1. The van der Waals surface area contributed by atoms with Gasteiger partial charge in [0.1, 0.15) is 0 Å². The van der Waals surface area contributed by atoms with Gasteiger partial charge >= 0.3 is 0 Å². The predicted molar refractivity (Wildman–Crippen MR) is 93.9 cm³/mol. The Labute approximate surface area is 147 Å². The molecule has 2 aromatic rings. The summed E-state index contributed by atoms with van der Waals surface area (Å²) < 4.78 is 0. The summed E-state index contributed by atoms with van der Waals surface area (Å²) in [5.74, 6) is -0.0657. The van der Waals surface area contributed by atoms with Crippen molar-refractivity contribution in [2.24, 2.45) is 5.73 Å². The van der Waals surface area contributed by atoms with E-state index in [1.165, 1.54) is 0 Å². The molecule has 3 heterocycles. The van der Waals surface area contributed by atoms with Crippen LogP contribution in [0.3, 0.4) is 0 Å². The fraction of sp³-hybridized carbons (Fsp3) is 0.368. The second-order valence-electron chi connectivity index (χ2n) is 6.35. The zero-order valence-corrected chi connectivity index (χ0v) is 14.1. The van der Waals surface area contributed by atoms with Crippen molar-refractivity contribution in [3.8, 4) is 0 Å². The number of carbonyl (C=O) groups excluding carboxylic acids is 2. The van der Waals surface area contributed by atoms with Crippen LogP contribution in [0.25, 0.3) is 0 Å². The minimum atomic E-state index is -0.320. The maximum atomic E-state index is 12.6. The number of aryl methyl sites for hydroxylation is 1. The number of carbonyl (C=O) groups is 2. The number of amides is 2. The largest absolute Gasteiger partial charge is 0.370 e. The first-order chi connectivity index (χ1) is 12.1. The molecule has 25 heavy (non-hydrogen) atoms. The number of hydrogen-bond acceptors (Lipinski definition) is 4. The van der Waals surface area contributed by atoms with E-state index in [-0.39, 0.29) is 17.7 Å². The van der Waals surface area contributed by atoms with Crippen LogP contribution in [0, 0.1) is 0 Å². The molecule has 6 nitrogen and oxygen atoms in total. The fourth-order valence-electron chi connectivity index (χ4n) is 3.20. The zero-order valence-electron chi connectivity index (χ0n) is 14.1. The van der Waals surface area contributed by atoms with Gasteiger partial charge in [0.15, 0.2) is 0 Å². The quantitative estimate of drug-likeness (QED) is 0.902. The van der Waals surface area contributed by atoms with Gasteiger partial charge in [0.25, 0.3) is 5.91 Å². The normalized spacial score (nSPS) is 17.3. The van der Waals surface area contributed by atoms with Gasteiger partial charge in [-0.2, -0.15) is 0 Å². The van der Waals surface area contributed by atoms with Gasteiger partial charge < -0.3 is 10.6 Å². The number of piperidine rings is 1. The lowest BCUT2D eigenvalue weighted by molar-refractivity contribution is -0.118. The van der Waals surface area contributed by atoms with E-state index >= 15 is 0 Å². The lowest BCUT2D eigenvalue weighted by Crippen LogP contribution is -2.39. The molecule has 1 aliphatic heterocycles. The first kappa shape index (κ1) is 17.1. The highest BCUT2D eigenvalue weighted by molar-refractivity contribution is 5.94. The maximum Gasteiger partial charge on any atom is 0.253 e. The summed E-state index contributed by atoms with van der Waals surface area (Å²) in [6.07, 6.45) is 6.08. The molecular weight excluding hydrogens is 316 g/mol. The van der Waals surface area contributed by atoms with Gasteiger partial charge in [0.05, 0.1) is 0 Å². The minimum Gasteiger partial charge on any atom is -0.370 e. The first-order valence-electron chi connectivity index (χ1n) is 8.57. The Bertz CT molecular complexity index is 748. The van der Waals surface area contributed by atoms with Gasteiger partial charge in [-0.25, -0.2) is 0 Å². The van der Waals surface area contributed by atoms with Crippen LogP contribution in [0.4, 0.5) is 0 Å². The molecule has 0 spiro atoms. The van der Waals surface area contributed by atoms with Gasteiger partial charge in [0, 0.05) is 54.8 Å². The first-order valence-corrected chi connectivity index (χ1v) is 8.57. The van der Waals surface area contributed by atoms with Crippen molar-refractivity contribution in [3.05, 3.63) is 59.7 Å². The number of pyridine rings is 2. The van der Waals surface area contributed by atoms with E-state index in [0.29, 0.717) is 24.9 Å². The van der Waals surface area contributed by atoms with Crippen LogP contribution in [0.1, 0.15) is 46.9 Å². The summed E-state index contributed by atoms with van der Waals surface area (Å²) in [5, 5.41) is 0. The Kier molecular flexibility index (Phi) is 5.38. The number of nitrogens with zero attached hydrogens (tertiary/aromatic N) is 3. The van der Waals surface area contributed by atoms with E-state index in [1.54, 1.807) is 24.5 Å². The molecule has 1 aliphatic rings. The molecule has 0 aliphatic carbocycles. The molecule has 3 rings (SSSR count). The van der Waals surface area contributed by atoms with Crippen molar-refractivity contribution in [2.45, 2.75) is 31.6 Å². The molecule has 1 unspecified atom stereocenters. The standard InChI is InChI=1S/C19H22N4O2/c20-18(24)7-6-16-4-1-5-17(22-16)15-3-2-12-23(13-15)19(25)14-8-10-21-11-9-14/h1,4-5,8-11,15H,2-3,6-7,12-13H2,(H2,20,24). The molecular formula is C19H22N4O2. The second-order valence-corrected chi connectivity index (χ2v) is 6.35. The highest BCUT2D eigenvalue weighted by Gasteiger charge is 2.26. The van der Waals surface area contributed by atoms with E-state index in [1.807, 2.05) is 23.1 Å². The number of likely N-dealkylation sites (tertiary alicyclic amines) is 1. The van der Waals surface area contributed by atoms with Gasteiger partial charge in [-0.3, -0.25) is 19.6 Å². The average molecular weight is 338 g/mol. The SMILES string of the molecule is NC(=O)CCc1cccc(C2CCCN(C(=O)c3ccncc3)C2)n1. The van der Waals surface area contributed by atoms with Crippen molar-refractivity contribution >= 4 is 11.8 Å². The molecule has 0 radical (unpaired) electrons. The van der Waals surface area contributed by atoms with Crippen LogP contribution in [0.5, 0.6) is 0 Å². The summed E-state index contributed by atoms with van der Waals surface area (Å²) in [7, 11) is 0. The third-order valence-electron chi connectivity index (χ3n) is 4.51. The van der Waals surface area contributed by atoms with E-state index < -0.39 is 0 Å². The van der Waals surface area contributed by atoms with Crippen LogP contribution >= 0.6 is 0 Å². The average Bonchev–Trinajstić information content (AvgIpc) is 2.67. The van der Waals surface area contributed by atoms with Crippen LogP contribution in [-0.4, -0.2) is 39.8 Å². The fourth-order valence-corrected chi connectivity index (χ4v) is 3.20. The highest BCUT2D eigenvalue weighted by Crippen LogP contribution is 2.26. The summed E-state index contributed by atoms with van der Waals surface area (Å²) in [6.45, 7) is 1.42.